The number of benzene rings is 2. The number of carbonyl (C=O) groups is 3. The van der Waals surface area contributed by atoms with Crippen molar-refractivity contribution in [2.45, 2.75) is 5.03 Å². The topological polar surface area (TPSA) is 107 Å². The van der Waals surface area contributed by atoms with Gasteiger partial charge >= 0.3 is 11.9 Å². The van der Waals surface area contributed by atoms with Crippen LogP contribution in [0, 0.1) is 0 Å². The number of rotatable bonds is 6. The number of fused-ring (bicyclic) bond motifs is 1. The highest BCUT2D eigenvalue weighted by Gasteiger charge is 2.18. The largest absolute Gasteiger partial charge is 0.465 e. The second-order valence-corrected chi connectivity index (χ2v) is 6.74. The third-order valence-electron chi connectivity index (χ3n) is 3.97. The number of para-hydroxylation sites is 1. The molecule has 1 N–H and O–H groups in total. The van der Waals surface area contributed by atoms with E-state index in [1.807, 2.05) is 24.3 Å². The van der Waals surface area contributed by atoms with E-state index >= 15 is 0 Å². The molecule has 0 saturated heterocycles. The Kier molecular flexibility index (Phi) is 6.40. The number of amides is 1. The summed E-state index contributed by atoms with van der Waals surface area (Å²) in [6, 6.07) is 11.7. The van der Waals surface area contributed by atoms with Crippen LogP contribution in [0.4, 0.5) is 5.69 Å². The van der Waals surface area contributed by atoms with Crippen LogP contribution in [-0.4, -0.2) is 47.8 Å². The van der Waals surface area contributed by atoms with Gasteiger partial charge in [-0.05, 0) is 24.3 Å². The minimum Gasteiger partial charge on any atom is -0.465 e. The molecule has 3 aromatic rings. The van der Waals surface area contributed by atoms with Crippen LogP contribution in [0.15, 0.2) is 53.8 Å². The molecule has 1 heterocycles. The van der Waals surface area contributed by atoms with Crippen LogP contribution in [0.2, 0.25) is 0 Å². The fraction of sp³-hybridized carbons (Fsp3) is 0.150. The van der Waals surface area contributed by atoms with Crippen LogP contribution >= 0.6 is 11.8 Å². The minimum atomic E-state index is -0.633. The van der Waals surface area contributed by atoms with Crippen molar-refractivity contribution in [3.63, 3.8) is 0 Å². The van der Waals surface area contributed by atoms with Gasteiger partial charge in [0.2, 0.25) is 5.91 Å². The van der Waals surface area contributed by atoms with Crippen LogP contribution in [0.1, 0.15) is 20.7 Å². The summed E-state index contributed by atoms with van der Waals surface area (Å²) in [5, 5.41) is 4.16. The number of thioether (sulfide) groups is 1. The molecule has 0 saturated carbocycles. The Balaban J connectivity index is 1.78. The molecule has 0 aliphatic heterocycles. The Hall–Kier alpha value is -3.46. The zero-order valence-corrected chi connectivity index (χ0v) is 16.5. The fourth-order valence-corrected chi connectivity index (χ4v) is 3.39. The van der Waals surface area contributed by atoms with E-state index in [1.54, 1.807) is 0 Å². The fourth-order valence-electron chi connectivity index (χ4n) is 2.60. The molecule has 0 unspecified atom stereocenters. The van der Waals surface area contributed by atoms with Crippen LogP contribution in [0.5, 0.6) is 0 Å². The summed E-state index contributed by atoms with van der Waals surface area (Å²) < 4.78 is 9.42. The Morgan fingerprint density at radius 1 is 1.00 bits per heavy atom. The standard InChI is InChI=1S/C20H17N3O5S/c1-27-19(25)12-7-8-14(20(26)28-2)16(9-12)23-17(24)10-29-18-13-5-3-4-6-15(13)21-11-22-18/h3-9,11H,10H2,1-2H3,(H,23,24). The number of nitrogens with zero attached hydrogens (tertiary/aromatic N) is 2. The normalized spacial score (nSPS) is 10.4. The van der Waals surface area contributed by atoms with Crippen molar-refractivity contribution in [2.24, 2.45) is 0 Å². The number of esters is 2. The highest BCUT2D eigenvalue weighted by atomic mass is 32.2. The molecule has 3 rings (SSSR count). The maximum Gasteiger partial charge on any atom is 0.339 e. The van der Waals surface area contributed by atoms with E-state index in [0.29, 0.717) is 5.03 Å². The predicted molar refractivity (Wildman–Crippen MR) is 108 cm³/mol. The third kappa shape index (κ3) is 4.69. The molecule has 0 aliphatic rings. The first-order chi connectivity index (χ1) is 14.0. The van der Waals surface area contributed by atoms with Gasteiger partial charge in [0.15, 0.2) is 0 Å². The molecule has 2 aromatic carbocycles. The summed E-state index contributed by atoms with van der Waals surface area (Å²) in [6.45, 7) is 0. The highest BCUT2D eigenvalue weighted by Crippen LogP contribution is 2.25. The van der Waals surface area contributed by atoms with Gasteiger partial charge in [-0.3, -0.25) is 4.79 Å². The van der Waals surface area contributed by atoms with E-state index in [2.05, 4.69) is 20.0 Å². The quantitative estimate of drug-likeness (QED) is 0.375. The second kappa shape index (κ2) is 9.16. The van der Waals surface area contributed by atoms with Gasteiger partial charge in [-0.15, -0.1) is 0 Å². The summed E-state index contributed by atoms with van der Waals surface area (Å²) in [5.41, 5.74) is 1.28. The number of anilines is 1. The molecule has 0 fully saturated rings. The van der Waals surface area contributed by atoms with E-state index in [0.717, 1.165) is 10.9 Å². The predicted octanol–water partition coefficient (Wildman–Crippen LogP) is 2.93. The lowest BCUT2D eigenvalue weighted by Gasteiger charge is -2.11. The molecule has 29 heavy (non-hydrogen) atoms. The Labute approximate surface area is 170 Å². The molecule has 0 atom stereocenters. The molecule has 0 bridgehead atoms. The summed E-state index contributed by atoms with van der Waals surface area (Å²) in [4.78, 5) is 44.7. The van der Waals surface area contributed by atoms with Gasteiger partial charge in [0, 0.05) is 5.39 Å². The maximum atomic E-state index is 12.5. The van der Waals surface area contributed by atoms with Crippen molar-refractivity contribution in [1.29, 1.82) is 0 Å². The average molecular weight is 411 g/mol. The molecular weight excluding hydrogens is 394 g/mol. The first kappa shape index (κ1) is 20.3. The van der Waals surface area contributed by atoms with Crippen LogP contribution in [-0.2, 0) is 14.3 Å². The molecule has 8 nitrogen and oxygen atoms in total. The van der Waals surface area contributed by atoms with E-state index in [4.69, 9.17) is 4.74 Å². The van der Waals surface area contributed by atoms with Crippen molar-refractivity contribution >= 4 is 46.2 Å². The zero-order chi connectivity index (χ0) is 20.8. The number of methoxy groups -OCH3 is 2. The summed E-state index contributed by atoms with van der Waals surface area (Å²) >= 11 is 1.24. The lowest BCUT2D eigenvalue weighted by atomic mass is 10.1. The number of hydrogen-bond donors (Lipinski definition) is 1. The SMILES string of the molecule is COC(=O)c1ccc(C(=O)OC)c(NC(=O)CSc2ncnc3ccccc23)c1. The number of aromatic nitrogens is 2. The number of hydrogen-bond acceptors (Lipinski definition) is 8. The highest BCUT2D eigenvalue weighted by molar-refractivity contribution is 8.00. The lowest BCUT2D eigenvalue weighted by molar-refractivity contribution is -0.113. The Morgan fingerprint density at radius 2 is 1.76 bits per heavy atom. The molecular formula is C20H17N3O5S. The number of ether oxygens (including phenoxy) is 2. The van der Waals surface area contributed by atoms with Gasteiger partial charge in [0.05, 0.1) is 42.3 Å². The van der Waals surface area contributed by atoms with E-state index in [-0.39, 0.29) is 28.5 Å². The Bertz CT molecular complexity index is 1080. The maximum absolute atomic E-state index is 12.5. The summed E-state index contributed by atoms with van der Waals surface area (Å²) in [6.07, 6.45) is 1.44. The van der Waals surface area contributed by atoms with E-state index in [1.165, 1.54) is 50.5 Å². The first-order valence-electron chi connectivity index (χ1n) is 8.46. The van der Waals surface area contributed by atoms with Gasteiger partial charge in [-0.2, -0.15) is 0 Å². The molecule has 9 heteroatoms. The van der Waals surface area contributed by atoms with Gasteiger partial charge < -0.3 is 14.8 Å². The van der Waals surface area contributed by atoms with E-state index in [9.17, 15) is 14.4 Å². The monoisotopic (exact) mass is 411 g/mol. The van der Waals surface area contributed by atoms with Gasteiger partial charge in [0.1, 0.15) is 11.4 Å². The van der Waals surface area contributed by atoms with Crippen molar-refractivity contribution in [3.05, 3.63) is 59.9 Å². The van der Waals surface area contributed by atoms with Crippen LogP contribution in [0.25, 0.3) is 10.9 Å². The van der Waals surface area contributed by atoms with Gasteiger partial charge in [0.25, 0.3) is 0 Å². The molecule has 0 aliphatic carbocycles. The number of carbonyl (C=O) groups excluding carboxylic acids is 3. The number of nitrogens with one attached hydrogen (secondary N) is 1. The van der Waals surface area contributed by atoms with Crippen molar-refractivity contribution < 1.29 is 23.9 Å². The second-order valence-electron chi connectivity index (χ2n) is 5.78. The summed E-state index contributed by atoms with van der Waals surface area (Å²) in [5.74, 6) is -1.54. The van der Waals surface area contributed by atoms with Crippen LogP contribution < -0.4 is 5.32 Å². The van der Waals surface area contributed by atoms with Crippen molar-refractivity contribution in [3.8, 4) is 0 Å². The molecule has 0 spiro atoms. The molecule has 0 radical (unpaired) electrons. The molecule has 1 amide bonds. The first-order valence-corrected chi connectivity index (χ1v) is 9.45. The molecule has 1 aromatic heterocycles. The minimum absolute atomic E-state index is 0.0457. The van der Waals surface area contributed by atoms with Crippen molar-refractivity contribution in [1.82, 2.24) is 9.97 Å². The van der Waals surface area contributed by atoms with Gasteiger partial charge in [-0.25, -0.2) is 19.6 Å². The van der Waals surface area contributed by atoms with E-state index < -0.39 is 11.9 Å². The van der Waals surface area contributed by atoms with Gasteiger partial charge in [-0.1, -0.05) is 30.0 Å². The van der Waals surface area contributed by atoms with Crippen molar-refractivity contribution in [2.75, 3.05) is 25.3 Å². The Morgan fingerprint density at radius 3 is 2.52 bits per heavy atom. The average Bonchev–Trinajstić information content (AvgIpc) is 2.76. The lowest BCUT2D eigenvalue weighted by Crippen LogP contribution is -2.18. The molecule has 148 valence electrons. The summed E-state index contributed by atoms with van der Waals surface area (Å²) in [7, 11) is 2.48. The smallest absolute Gasteiger partial charge is 0.339 e. The third-order valence-corrected chi connectivity index (χ3v) is 4.97. The van der Waals surface area contributed by atoms with Crippen LogP contribution in [0.3, 0.4) is 0 Å². The zero-order valence-electron chi connectivity index (χ0n) is 15.7.